The highest BCUT2D eigenvalue weighted by atomic mass is 127. The molecule has 1 unspecified atom stereocenters. The normalized spacial score (nSPS) is 11.8. The Kier molecular flexibility index (Phi) is 3.69. The Morgan fingerprint density at radius 3 is 2.50 bits per heavy atom. The number of aromatic nitrogens is 3. The van der Waals surface area contributed by atoms with Crippen LogP contribution in [0.15, 0.2) is 30.3 Å². The summed E-state index contributed by atoms with van der Waals surface area (Å²) in [5, 5.41) is 5.26. The van der Waals surface area contributed by atoms with Crippen molar-refractivity contribution < 1.29 is 8.78 Å². The van der Waals surface area contributed by atoms with Crippen molar-refractivity contribution >= 4 is 39.4 Å². The second kappa shape index (κ2) is 5.33. The molecule has 1 atom stereocenters. The number of aryl methyl sites for hydroxylation is 1. The van der Waals surface area contributed by atoms with E-state index in [4.69, 9.17) is 0 Å². The average molecular weight is 403 g/mol. The first-order chi connectivity index (χ1) is 9.61. The van der Waals surface area contributed by atoms with Gasteiger partial charge in [-0.15, -0.1) is 0 Å². The lowest BCUT2D eigenvalue weighted by molar-refractivity contribution is 0.589. The smallest absolute Gasteiger partial charge is 0.162 e. The zero-order chi connectivity index (χ0) is 14.3. The van der Waals surface area contributed by atoms with Crippen LogP contribution in [-0.4, -0.2) is 14.5 Å². The van der Waals surface area contributed by atoms with Crippen molar-refractivity contribution in [3.05, 3.63) is 47.7 Å². The number of fused-ring (bicyclic) bond motifs is 1. The summed E-state index contributed by atoms with van der Waals surface area (Å²) in [6, 6.07) is 7.23. The lowest BCUT2D eigenvalue weighted by Crippen LogP contribution is -1.94. The third kappa shape index (κ3) is 2.20. The van der Waals surface area contributed by atoms with Gasteiger partial charge in [0, 0.05) is 5.39 Å². The van der Waals surface area contributed by atoms with E-state index in [0.717, 1.165) is 11.1 Å². The highest BCUT2D eigenvalue weighted by Crippen LogP contribution is 2.32. The summed E-state index contributed by atoms with van der Waals surface area (Å²) in [5.74, 6) is -1.23. The number of pyridine rings is 1. The number of rotatable bonds is 2. The van der Waals surface area contributed by atoms with E-state index >= 15 is 0 Å². The van der Waals surface area contributed by atoms with Gasteiger partial charge in [-0.3, -0.25) is 0 Å². The second-order valence-corrected chi connectivity index (χ2v) is 6.29. The Bertz CT molecular complexity index is 783. The standard InChI is InChI=1S/C13H9F2IN3P/c1-7-8-5-6-11(17-13(8)19(18-7)20-16)12-9(14)3-2-4-10(12)15/h2-6,20H,1H3. The average Bonchev–Trinajstić information content (AvgIpc) is 2.75. The molecular formula is C13H9F2IN3P. The van der Waals surface area contributed by atoms with Gasteiger partial charge in [0.1, 0.15) is 11.6 Å². The first kappa shape index (κ1) is 13.8. The van der Waals surface area contributed by atoms with Gasteiger partial charge in [0.15, 0.2) is 5.65 Å². The van der Waals surface area contributed by atoms with Crippen LogP contribution in [0.3, 0.4) is 0 Å². The van der Waals surface area contributed by atoms with Crippen LogP contribution in [0, 0.1) is 18.6 Å². The maximum Gasteiger partial charge on any atom is 0.162 e. The Labute approximate surface area is 128 Å². The molecule has 20 heavy (non-hydrogen) atoms. The lowest BCUT2D eigenvalue weighted by Gasteiger charge is -2.05. The fourth-order valence-electron chi connectivity index (χ4n) is 2.08. The molecule has 0 saturated carbocycles. The summed E-state index contributed by atoms with van der Waals surface area (Å²) in [5.41, 5.74) is 1.69. The second-order valence-electron chi connectivity index (χ2n) is 4.25. The van der Waals surface area contributed by atoms with Crippen LogP contribution >= 0.6 is 28.4 Å². The molecule has 0 spiro atoms. The third-order valence-corrected chi connectivity index (χ3v) is 4.86. The van der Waals surface area contributed by atoms with Crippen molar-refractivity contribution in [3.63, 3.8) is 0 Å². The van der Waals surface area contributed by atoms with Crippen LogP contribution in [-0.2, 0) is 0 Å². The van der Waals surface area contributed by atoms with Gasteiger partial charge < -0.3 is 0 Å². The number of benzene rings is 1. The number of hydrogen-bond acceptors (Lipinski definition) is 2. The van der Waals surface area contributed by atoms with E-state index in [9.17, 15) is 8.78 Å². The molecule has 3 aromatic rings. The molecule has 2 aromatic heterocycles. The Hall–Kier alpha value is -1.14. The molecule has 1 aromatic carbocycles. The van der Waals surface area contributed by atoms with Gasteiger partial charge in [0.2, 0.25) is 0 Å². The fourth-order valence-corrected chi connectivity index (χ4v) is 3.53. The monoisotopic (exact) mass is 403 g/mol. The highest BCUT2D eigenvalue weighted by molar-refractivity contribution is 14.2. The van der Waals surface area contributed by atoms with Gasteiger partial charge in [-0.1, -0.05) is 6.07 Å². The summed E-state index contributed by atoms with van der Waals surface area (Å²) in [6.07, 6.45) is 0.379. The largest absolute Gasteiger partial charge is 0.228 e. The van der Waals surface area contributed by atoms with Crippen molar-refractivity contribution in [1.82, 2.24) is 14.5 Å². The van der Waals surface area contributed by atoms with E-state index in [1.165, 1.54) is 18.2 Å². The van der Waals surface area contributed by atoms with Gasteiger partial charge in [-0.05, 0) is 53.2 Å². The molecule has 0 N–H and O–H groups in total. The molecule has 3 nitrogen and oxygen atoms in total. The van der Waals surface area contributed by atoms with E-state index in [0.29, 0.717) is 12.0 Å². The number of hydrogen-bond donors (Lipinski definition) is 0. The molecule has 0 aliphatic carbocycles. The summed E-state index contributed by atoms with van der Waals surface area (Å²) >= 11 is 2.19. The van der Waals surface area contributed by atoms with E-state index in [1.54, 1.807) is 16.6 Å². The number of nitrogens with zero attached hydrogens (tertiary/aromatic N) is 3. The topological polar surface area (TPSA) is 30.7 Å². The molecule has 0 radical (unpaired) electrons. The Balaban J connectivity index is 2.28. The maximum absolute atomic E-state index is 13.8. The minimum atomic E-state index is -0.614. The third-order valence-electron chi connectivity index (χ3n) is 3.01. The van der Waals surface area contributed by atoms with Crippen LogP contribution in [0.2, 0.25) is 0 Å². The van der Waals surface area contributed by atoms with E-state index in [-0.39, 0.29) is 11.3 Å². The van der Waals surface area contributed by atoms with Gasteiger partial charge in [0.25, 0.3) is 0 Å². The molecule has 7 heteroatoms. The Morgan fingerprint density at radius 2 is 1.85 bits per heavy atom. The maximum atomic E-state index is 13.8. The Morgan fingerprint density at radius 1 is 1.15 bits per heavy atom. The molecular weight excluding hydrogens is 394 g/mol. The lowest BCUT2D eigenvalue weighted by atomic mass is 10.1. The van der Waals surface area contributed by atoms with Crippen molar-refractivity contribution in [2.45, 2.75) is 6.92 Å². The predicted molar refractivity (Wildman–Crippen MR) is 85.3 cm³/mol. The summed E-state index contributed by atoms with van der Waals surface area (Å²) < 4.78 is 29.4. The molecule has 0 aliphatic rings. The summed E-state index contributed by atoms with van der Waals surface area (Å²) in [7, 11) is 0. The van der Waals surface area contributed by atoms with E-state index in [2.05, 4.69) is 32.1 Å². The van der Waals surface area contributed by atoms with Crippen LogP contribution < -0.4 is 0 Å². The van der Waals surface area contributed by atoms with Gasteiger partial charge >= 0.3 is 0 Å². The van der Waals surface area contributed by atoms with Crippen LogP contribution in [0.5, 0.6) is 0 Å². The minimum Gasteiger partial charge on any atom is -0.228 e. The zero-order valence-corrected chi connectivity index (χ0v) is 13.5. The van der Waals surface area contributed by atoms with E-state index < -0.39 is 11.6 Å². The summed E-state index contributed by atoms with van der Waals surface area (Å²) in [4.78, 5) is 4.38. The zero-order valence-electron chi connectivity index (χ0n) is 10.4. The number of halogens is 3. The van der Waals surface area contributed by atoms with Crippen LogP contribution in [0.25, 0.3) is 22.3 Å². The fraction of sp³-hybridized carbons (Fsp3) is 0.0769. The molecule has 0 fully saturated rings. The quantitative estimate of drug-likeness (QED) is 0.467. The molecule has 0 bridgehead atoms. The molecule has 102 valence electrons. The van der Waals surface area contributed by atoms with Gasteiger partial charge in [-0.2, -0.15) is 5.10 Å². The molecule has 0 saturated heterocycles. The van der Waals surface area contributed by atoms with Crippen molar-refractivity contribution in [2.24, 2.45) is 0 Å². The van der Waals surface area contributed by atoms with E-state index in [1.807, 2.05) is 6.92 Å². The summed E-state index contributed by atoms with van der Waals surface area (Å²) in [6.45, 7) is 1.89. The first-order valence-electron chi connectivity index (χ1n) is 5.79. The van der Waals surface area contributed by atoms with Crippen molar-refractivity contribution in [3.8, 4) is 11.3 Å². The van der Waals surface area contributed by atoms with Crippen LogP contribution in [0.1, 0.15) is 5.69 Å². The van der Waals surface area contributed by atoms with Crippen molar-refractivity contribution in [1.29, 1.82) is 0 Å². The molecule has 2 heterocycles. The van der Waals surface area contributed by atoms with Gasteiger partial charge in [-0.25, -0.2) is 18.2 Å². The SMILES string of the molecule is Cc1nn(PI)c2nc(-c3c(F)cccc3F)ccc12. The predicted octanol–water partition coefficient (Wildman–Crippen LogP) is 4.48. The van der Waals surface area contributed by atoms with Gasteiger partial charge in [0.05, 0.1) is 23.3 Å². The molecule has 3 rings (SSSR count). The minimum absolute atomic E-state index is 0.100. The van der Waals surface area contributed by atoms with Crippen molar-refractivity contribution in [2.75, 3.05) is 0 Å². The highest BCUT2D eigenvalue weighted by Gasteiger charge is 2.15. The molecule has 0 aliphatic heterocycles. The first-order valence-corrected chi connectivity index (χ1v) is 9.85. The van der Waals surface area contributed by atoms with Crippen LogP contribution in [0.4, 0.5) is 8.78 Å². The molecule has 0 amide bonds.